The molecule has 0 saturated carbocycles. The van der Waals surface area contributed by atoms with Gasteiger partial charge in [-0.2, -0.15) is 0 Å². The molecule has 0 spiro atoms. The second kappa shape index (κ2) is 5.18. The van der Waals surface area contributed by atoms with E-state index < -0.39 is 16.1 Å². The Bertz CT molecular complexity index is 584. The van der Waals surface area contributed by atoms with Crippen molar-refractivity contribution < 1.29 is 13.2 Å². The summed E-state index contributed by atoms with van der Waals surface area (Å²) in [5.41, 5.74) is 6.58. The fraction of sp³-hybridized carbons (Fsp3) is 0.417. The fourth-order valence-electron chi connectivity index (χ4n) is 1.92. The Kier molecular flexibility index (Phi) is 3.77. The lowest BCUT2D eigenvalue weighted by molar-refractivity contribution is -0.117. The monoisotopic (exact) mass is 283 g/mol. The molecule has 1 heterocycles. The molecule has 0 bridgehead atoms. The Morgan fingerprint density at radius 3 is 2.79 bits per heavy atom. The smallest absolute Gasteiger partial charge is 0.240 e. The fourth-order valence-corrected chi connectivity index (χ4v) is 3.48. The van der Waals surface area contributed by atoms with Crippen molar-refractivity contribution in [1.82, 2.24) is 0 Å². The Hall–Kier alpha value is -1.60. The lowest BCUT2D eigenvalue weighted by atomic mass is 10.2. The van der Waals surface area contributed by atoms with Crippen LogP contribution in [0.5, 0.6) is 0 Å². The van der Waals surface area contributed by atoms with Gasteiger partial charge >= 0.3 is 0 Å². The Morgan fingerprint density at radius 2 is 2.21 bits per heavy atom. The maximum atomic E-state index is 11.8. The SMILES string of the molecule is C[C@H](N)C(=O)Nc1cccc(N2CCCS2(=O)=O)c1. The molecule has 3 N–H and O–H groups in total. The summed E-state index contributed by atoms with van der Waals surface area (Å²) in [5.74, 6) is -0.134. The molecule has 0 radical (unpaired) electrons. The highest BCUT2D eigenvalue weighted by molar-refractivity contribution is 7.93. The normalized spacial score (nSPS) is 19.2. The van der Waals surface area contributed by atoms with Crippen molar-refractivity contribution in [2.75, 3.05) is 21.9 Å². The summed E-state index contributed by atoms with van der Waals surface area (Å²) in [4.78, 5) is 11.5. The second-order valence-electron chi connectivity index (χ2n) is 4.57. The maximum absolute atomic E-state index is 11.8. The number of sulfonamides is 1. The van der Waals surface area contributed by atoms with E-state index in [4.69, 9.17) is 5.73 Å². The molecule has 1 saturated heterocycles. The molecular weight excluding hydrogens is 266 g/mol. The molecule has 1 aliphatic heterocycles. The van der Waals surface area contributed by atoms with Crippen LogP contribution >= 0.6 is 0 Å². The summed E-state index contributed by atoms with van der Waals surface area (Å²) in [6.45, 7) is 2.07. The van der Waals surface area contributed by atoms with Gasteiger partial charge in [0.15, 0.2) is 0 Å². The van der Waals surface area contributed by atoms with Crippen LogP contribution in [0.2, 0.25) is 0 Å². The summed E-state index contributed by atoms with van der Waals surface area (Å²) in [6.07, 6.45) is 0.624. The van der Waals surface area contributed by atoms with Crippen LogP contribution in [-0.4, -0.2) is 32.7 Å². The molecule has 19 heavy (non-hydrogen) atoms. The minimum absolute atomic E-state index is 0.170. The van der Waals surface area contributed by atoms with Crippen LogP contribution in [0.1, 0.15) is 13.3 Å². The number of hydrogen-bond donors (Lipinski definition) is 2. The molecule has 2 rings (SSSR count). The average molecular weight is 283 g/mol. The lowest BCUT2D eigenvalue weighted by Crippen LogP contribution is -2.32. The van der Waals surface area contributed by atoms with Crippen molar-refractivity contribution in [3.05, 3.63) is 24.3 Å². The van der Waals surface area contributed by atoms with Crippen LogP contribution in [0.25, 0.3) is 0 Å². The average Bonchev–Trinajstić information content (AvgIpc) is 2.69. The molecule has 104 valence electrons. The topological polar surface area (TPSA) is 92.5 Å². The van der Waals surface area contributed by atoms with E-state index in [0.29, 0.717) is 24.3 Å². The molecule has 1 aliphatic rings. The van der Waals surface area contributed by atoms with E-state index in [2.05, 4.69) is 5.32 Å². The van der Waals surface area contributed by atoms with Gasteiger partial charge in [0.05, 0.1) is 17.5 Å². The van der Waals surface area contributed by atoms with Crippen molar-refractivity contribution in [2.24, 2.45) is 5.73 Å². The van der Waals surface area contributed by atoms with E-state index in [1.165, 1.54) is 4.31 Å². The van der Waals surface area contributed by atoms with Crippen molar-refractivity contribution in [2.45, 2.75) is 19.4 Å². The third kappa shape index (κ3) is 3.05. The largest absolute Gasteiger partial charge is 0.325 e. The zero-order valence-corrected chi connectivity index (χ0v) is 11.5. The first-order valence-electron chi connectivity index (χ1n) is 6.07. The standard InChI is InChI=1S/C12H17N3O3S/c1-9(13)12(16)14-10-4-2-5-11(8-10)15-6-3-7-19(15,17)18/h2,4-5,8-9H,3,6-7,13H2,1H3,(H,14,16)/t9-/m0/s1. The number of hydrogen-bond acceptors (Lipinski definition) is 4. The molecule has 6 nitrogen and oxygen atoms in total. The van der Waals surface area contributed by atoms with Gasteiger partial charge in [-0.3, -0.25) is 9.10 Å². The lowest BCUT2D eigenvalue weighted by Gasteiger charge is -2.18. The summed E-state index contributed by atoms with van der Waals surface area (Å²) in [7, 11) is -3.21. The van der Waals surface area contributed by atoms with Gasteiger partial charge in [-0.15, -0.1) is 0 Å². The third-order valence-corrected chi connectivity index (χ3v) is 4.78. The molecule has 1 fully saturated rings. The highest BCUT2D eigenvalue weighted by atomic mass is 32.2. The minimum Gasteiger partial charge on any atom is -0.325 e. The molecule has 7 heteroatoms. The number of amides is 1. The molecule has 1 aromatic carbocycles. The summed E-state index contributed by atoms with van der Waals surface area (Å²) in [6, 6.07) is 6.15. The van der Waals surface area contributed by atoms with Gasteiger partial charge in [-0.25, -0.2) is 8.42 Å². The van der Waals surface area contributed by atoms with E-state index in [1.54, 1.807) is 31.2 Å². The molecule has 0 aromatic heterocycles. The zero-order chi connectivity index (χ0) is 14.0. The summed E-state index contributed by atoms with van der Waals surface area (Å²) >= 11 is 0. The summed E-state index contributed by atoms with van der Waals surface area (Å²) in [5, 5.41) is 2.65. The number of carbonyl (C=O) groups excluding carboxylic acids is 1. The van der Waals surface area contributed by atoms with Crippen molar-refractivity contribution in [3.8, 4) is 0 Å². The molecule has 0 aliphatic carbocycles. The van der Waals surface area contributed by atoms with E-state index in [1.807, 2.05) is 0 Å². The predicted octanol–water partition coefficient (Wildman–Crippen LogP) is 0.512. The summed E-state index contributed by atoms with van der Waals surface area (Å²) < 4.78 is 25.0. The number of rotatable bonds is 3. The number of nitrogens with one attached hydrogen (secondary N) is 1. The van der Waals surface area contributed by atoms with E-state index in [-0.39, 0.29) is 11.7 Å². The van der Waals surface area contributed by atoms with Crippen LogP contribution in [0, 0.1) is 0 Å². The van der Waals surface area contributed by atoms with Gasteiger partial charge in [-0.1, -0.05) is 6.07 Å². The van der Waals surface area contributed by atoms with Crippen molar-refractivity contribution in [3.63, 3.8) is 0 Å². The number of carbonyl (C=O) groups is 1. The van der Waals surface area contributed by atoms with Gasteiger partial charge in [0, 0.05) is 12.2 Å². The van der Waals surface area contributed by atoms with Gasteiger partial charge in [0.25, 0.3) is 0 Å². The first-order valence-corrected chi connectivity index (χ1v) is 7.68. The third-order valence-electron chi connectivity index (χ3n) is 2.91. The Balaban J connectivity index is 2.23. The van der Waals surface area contributed by atoms with Crippen molar-refractivity contribution in [1.29, 1.82) is 0 Å². The van der Waals surface area contributed by atoms with E-state index in [9.17, 15) is 13.2 Å². The number of nitrogens with two attached hydrogens (primary N) is 1. The van der Waals surface area contributed by atoms with Crippen LogP contribution in [-0.2, 0) is 14.8 Å². The zero-order valence-electron chi connectivity index (χ0n) is 10.7. The second-order valence-corrected chi connectivity index (χ2v) is 6.58. The van der Waals surface area contributed by atoms with Crippen LogP contribution in [0.3, 0.4) is 0 Å². The first-order chi connectivity index (χ1) is 8.90. The van der Waals surface area contributed by atoms with Crippen molar-refractivity contribution >= 4 is 27.3 Å². The highest BCUT2D eigenvalue weighted by Crippen LogP contribution is 2.26. The van der Waals surface area contributed by atoms with Gasteiger partial charge in [0.1, 0.15) is 0 Å². The Labute approximate surface area is 112 Å². The van der Waals surface area contributed by atoms with E-state index in [0.717, 1.165) is 0 Å². The van der Waals surface area contributed by atoms with Gasteiger partial charge in [-0.05, 0) is 31.5 Å². The van der Waals surface area contributed by atoms with Crippen LogP contribution < -0.4 is 15.4 Å². The quantitative estimate of drug-likeness (QED) is 0.845. The molecule has 0 unspecified atom stereocenters. The number of benzene rings is 1. The van der Waals surface area contributed by atoms with Crippen LogP contribution in [0.4, 0.5) is 11.4 Å². The van der Waals surface area contributed by atoms with Crippen LogP contribution in [0.15, 0.2) is 24.3 Å². The van der Waals surface area contributed by atoms with Gasteiger partial charge in [0.2, 0.25) is 15.9 Å². The molecular formula is C12H17N3O3S. The number of anilines is 2. The number of nitrogens with zero attached hydrogens (tertiary/aromatic N) is 1. The molecule has 1 atom stereocenters. The maximum Gasteiger partial charge on any atom is 0.240 e. The molecule has 1 amide bonds. The van der Waals surface area contributed by atoms with Gasteiger partial charge < -0.3 is 11.1 Å². The molecule has 1 aromatic rings. The Morgan fingerprint density at radius 1 is 1.47 bits per heavy atom. The first kappa shape index (κ1) is 13.8. The predicted molar refractivity (Wildman–Crippen MR) is 74.5 cm³/mol. The highest BCUT2D eigenvalue weighted by Gasteiger charge is 2.28. The minimum atomic E-state index is -3.21. The van der Waals surface area contributed by atoms with E-state index >= 15 is 0 Å².